The minimum Gasteiger partial charge on any atom is -0.480 e. The van der Waals surface area contributed by atoms with Crippen molar-refractivity contribution in [2.45, 2.75) is 32.2 Å². The summed E-state index contributed by atoms with van der Waals surface area (Å²) in [4.78, 5) is 28.0. The highest BCUT2D eigenvalue weighted by atomic mass is 16.4. The molecule has 2 rings (SSSR count). The molecule has 2 N–H and O–H groups in total. The molecule has 0 aliphatic rings. The molecular weight excluding hydrogens is 292 g/mol. The first kappa shape index (κ1) is 16.8. The van der Waals surface area contributed by atoms with E-state index in [1.165, 1.54) is 25.8 Å². The summed E-state index contributed by atoms with van der Waals surface area (Å²) in [5.41, 5.74) is 1.85. The Hall–Kier alpha value is -2.56. The van der Waals surface area contributed by atoms with E-state index in [0.29, 0.717) is 6.42 Å². The predicted molar refractivity (Wildman–Crippen MR) is 89.0 cm³/mol. The van der Waals surface area contributed by atoms with E-state index in [4.69, 9.17) is 0 Å². The zero-order valence-corrected chi connectivity index (χ0v) is 13.7. The quantitative estimate of drug-likeness (QED) is 0.861. The Balaban J connectivity index is 1.98. The van der Waals surface area contributed by atoms with E-state index in [0.717, 1.165) is 17.0 Å². The van der Waals surface area contributed by atoms with Crippen molar-refractivity contribution in [1.29, 1.82) is 0 Å². The van der Waals surface area contributed by atoms with E-state index in [2.05, 4.69) is 4.98 Å². The maximum absolute atomic E-state index is 12.2. The number of nitrogens with zero attached hydrogens (tertiary/aromatic N) is 1. The highest BCUT2D eigenvalue weighted by Gasteiger charge is 2.34. The van der Waals surface area contributed by atoms with Crippen molar-refractivity contribution in [2.75, 3.05) is 7.05 Å². The molecule has 23 heavy (non-hydrogen) atoms. The van der Waals surface area contributed by atoms with Crippen LogP contribution in [0, 0.1) is 0 Å². The summed E-state index contributed by atoms with van der Waals surface area (Å²) in [7, 11) is 1.53. The lowest BCUT2D eigenvalue weighted by Gasteiger charge is -2.31. The van der Waals surface area contributed by atoms with Gasteiger partial charge in [-0.25, -0.2) is 4.79 Å². The van der Waals surface area contributed by atoms with Gasteiger partial charge in [0, 0.05) is 24.9 Å². The molecule has 5 nitrogen and oxygen atoms in total. The van der Waals surface area contributed by atoms with Gasteiger partial charge < -0.3 is 15.0 Å². The Labute approximate surface area is 135 Å². The number of rotatable bonds is 6. The Kier molecular flexibility index (Phi) is 4.89. The van der Waals surface area contributed by atoms with Gasteiger partial charge >= 0.3 is 5.97 Å². The van der Waals surface area contributed by atoms with Crippen LogP contribution in [0.3, 0.4) is 0 Å². The Bertz CT molecular complexity index is 689. The lowest BCUT2D eigenvalue weighted by molar-refractivity contribution is -0.155. The molecule has 0 fully saturated rings. The van der Waals surface area contributed by atoms with E-state index >= 15 is 0 Å². The number of likely N-dealkylation sites (N-methyl/N-ethyl adjacent to an activating group) is 1. The number of amides is 1. The third-order valence-electron chi connectivity index (χ3n) is 4.18. The lowest BCUT2D eigenvalue weighted by atomic mass is 10.0. The molecule has 2 aromatic rings. The van der Waals surface area contributed by atoms with Crippen LogP contribution in [-0.2, 0) is 16.0 Å². The Morgan fingerprint density at radius 3 is 2.39 bits per heavy atom. The summed E-state index contributed by atoms with van der Waals surface area (Å²) in [6.07, 6.45) is 0.813. The number of nitrogens with one attached hydrogen (secondary N) is 1. The maximum atomic E-state index is 12.2. The van der Waals surface area contributed by atoms with Crippen LogP contribution in [-0.4, -0.2) is 39.5 Å². The number of carboxylic acid groups (broad SMARTS) is 1. The van der Waals surface area contributed by atoms with E-state index in [-0.39, 0.29) is 12.3 Å². The van der Waals surface area contributed by atoms with Crippen LogP contribution in [0.5, 0.6) is 0 Å². The van der Waals surface area contributed by atoms with Crippen LogP contribution < -0.4 is 0 Å². The summed E-state index contributed by atoms with van der Waals surface area (Å²) < 4.78 is 0. The molecular formula is C18H22N2O3. The monoisotopic (exact) mass is 314 g/mol. The number of H-pyrrole nitrogens is 1. The molecule has 1 heterocycles. The largest absolute Gasteiger partial charge is 0.480 e. The first-order chi connectivity index (χ1) is 10.8. The summed E-state index contributed by atoms with van der Waals surface area (Å²) in [5, 5.41) is 9.18. The molecule has 0 aliphatic heterocycles. The molecule has 0 radical (unpaired) electrons. The third kappa shape index (κ3) is 3.80. The second kappa shape index (κ2) is 6.69. The van der Waals surface area contributed by atoms with Crippen molar-refractivity contribution in [2.24, 2.45) is 0 Å². The average molecular weight is 314 g/mol. The van der Waals surface area contributed by atoms with Crippen LogP contribution in [0.15, 0.2) is 42.5 Å². The number of carbonyl (C=O) groups is 2. The standard InChI is InChI=1S/C18H22N2O3/c1-18(2,17(22)23)20(3)16(21)12-10-14-9-11-15(19-14)13-7-5-4-6-8-13/h4-9,11,19H,10,12H2,1-3H3,(H,22,23). The van der Waals surface area contributed by atoms with Gasteiger partial charge in [-0.1, -0.05) is 30.3 Å². The number of aromatic amines is 1. The molecule has 0 aliphatic carbocycles. The molecule has 122 valence electrons. The summed E-state index contributed by atoms with van der Waals surface area (Å²) in [6, 6.07) is 13.9. The predicted octanol–water partition coefficient (Wildman–Crippen LogP) is 2.94. The van der Waals surface area contributed by atoms with Crippen molar-refractivity contribution in [3.05, 3.63) is 48.2 Å². The fraction of sp³-hybridized carbons (Fsp3) is 0.333. The zero-order chi connectivity index (χ0) is 17.0. The number of hydrogen-bond acceptors (Lipinski definition) is 2. The number of aromatic nitrogens is 1. The van der Waals surface area contributed by atoms with E-state index in [1.54, 1.807) is 0 Å². The summed E-state index contributed by atoms with van der Waals surface area (Å²) in [6.45, 7) is 3.05. The van der Waals surface area contributed by atoms with Crippen LogP contribution >= 0.6 is 0 Å². The van der Waals surface area contributed by atoms with E-state index in [1.807, 2.05) is 42.5 Å². The number of hydrogen-bond donors (Lipinski definition) is 2. The normalized spacial score (nSPS) is 11.3. The van der Waals surface area contributed by atoms with Gasteiger partial charge in [0.05, 0.1) is 0 Å². The highest BCUT2D eigenvalue weighted by Crippen LogP contribution is 2.19. The van der Waals surface area contributed by atoms with Gasteiger partial charge in [0.15, 0.2) is 0 Å². The highest BCUT2D eigenvalue weighted by molar-refractivity contribution is 5.86. The first-order valence-corrected chi connectivity index (χ1v) is 7.55. The minimum atomic E-state index is -1.21. The van der Waals surface area contributed by atoms with Gasteiger partial charge in [-0.2, -0.15) is 0 Å². The van der Waals surface area contributed by atoms with Gasteiger partial charge in [0.25, 0.3) is 0 Å². The maximum Gasteiger partial charge on any atom is 0.329 e. The van der Waals surface area contributed by atoms with Crippen LogP contribution in [0.4, 0.5) is 0 Å². The van der Waals surface area contributed by atoms with Crippen LogP contribution in [0.1, 0.15) is 26.0 Å². The summed E-state index contributed by atoms with van der Waals surface area (Å²) >= 11 is 0. The number of aryl methyl sites for hydroxylation is 1. The second-order valence-electron chi connectivity index (χ2n) is 6.08. The van der Waals surface area contributed by atoms with Crippen molar-refractivity contribution >= 4 is 11.9 Å². The van der Waals surface area contributed by atoms with Crippen LogP contribution in [0.2, 0.25) is 0 Å². The molecule has 5 heteroatoms. The molecule has 0 spiro atoms. The fourth-order valence-corrected chi connectivity index (χ4v) is 2.24. The molecule has 0 saturated heterocycles. The molecule has 0 bridgehead atoms. The summed E-state index contributed by atoms with van der Waals surface area (Å²) in [5.74, 6) is -1.20. The second-order valence-corrected chi connectivity index (χ2v) is 6.08. The van der Waals surface area contributed by atoms with E-state index in [9.17, 15) is 14.7 Å². The van der Waals surface area contributed by atoms with Gasteiger partial charge in [0.2, 0.25) is 5.91 Å². The van der Waals surface area contributed by atoms with Crippen molar-refractivity contribution < 1.29 is 14.7 Å². The molecule has 0 saturated carbocycles. The number of benzene rings is 1. The Morgan fingerprint density at radius 1 is 1.13 bits per heavy atom. The molecule has 0 atom stereocenters. The van der Waals surface area contributed by atoms with Gasteiger partial charge in [-0.05, 0) is 38.0 Å². The van der Waals surface area contributed by atoms with Crippen LogP contribution in [0.25, 0.3) is 11.3 Å². The topological polar surface area (TPSA) is 73.4 Å². The molecule has 1 amide bonds. The van der Waals surface area contributed by atoms with Crippen molar-refractivity contribution in [3.8, 4) is 11.3 Å². The average Bonchev–Trinajstić information content (AvgIpc) is 3.01. The first-order valence-electron chi connectivity index (χ1n) is 7.55. The lowest BCUT2D eigenvalue weighted by Crippen LogP contribution is -2.50. The van der Waals surface area contributed by atoms with E-state index < -0.39 is 11.5 Å². The SMILES string of the molecule is CN(C(=O)CCc1ccc(-c2ccccc2)[nH]1)C(C)(C)C(=O)O. The van der Waals surface area contributed by atoms with Crippen molar-refractivity contribution in [1.82, 2.24) is 9.88 Å². The van der Waals surface area contributed by atoms with Gasteiger partial charge in [0.1, 0.15) is 5.54 Å². The van der Waals surface area contributed by atoms with Gasteiger partial charge in [-0.15, -0.1) is 0 Å². The Morgan fingerprint density at radius 2 is 1.78 bits per heavy atom. The fourth-order valence-electron chi connectivity index (χ4n) is 2.24. The zero-order valence-electron chi connectivity index (χ0n) is 13.7. The van der Waals surface area contributed by atoms with Crippen molar-refractivity contribution in [3.63, 3.8) is 0 Å². The number of carbonyl (C=O) groups excluding carboxylic acids is 1. The minimum absolute atomic E-state index is 0.187. The molecule has 0 unspecified atom stereocenters. The smallest absolute Gasteiger partial charge is 0.329 e. The van der Waals surface area contributed by atoms with Gasteiger partial charge in [-0.3, -0.25) is 4.79 Å². The third-order valence-corrected chi connectivity index (χ3v) is 4.18. The number of carboxylic acids is 1. The molecule has 1 aromatic carbocycles. The number of aliphatic carboxylic acids is 1. The molecule has 1 aromatic heterocycles.